The average molecular weight is 563 g/mol. The average Bonchev–Trinajstić information content (AvgIpc) is 3.16. The van der Waals surface area contributed by atoms with E-state index in [0.29, 0.717) is 60.1 Å². The van der Waals surface area contributed by atoms with E-state index >= 15 is 0 Å². The highest BCUT2D eigenvalue weighted by Gasteiger charge is 2.32. The van der Waals surface area contributed by atoms with Gasteiger partial charge in [0.15, 0.2) is 15.6 Å². The summed E-state index contributed by atoms with van der Waals surface area (Å²) in [5, 5.41) is 0. The Morgan fingerprint density at radius 3 is 2.26 bits per heavy atom. The molecule has 1 aromatic heterocycles. The van der Waals surface area contributed by atoms with Crippen LogP contribution in [0.3, 0.4) is 0 Å². The fourth-order valence-electron chi connectivity index (χ4n) is 4.59. The Morgan fingerprint density at radius 2 is 1.63 bits per heavy atom. The summed E-state index contributed by atoms with van der Waals surface area (Å²) >= 11 is 0. The molecule has 0 unspecified atom stereocenters. The van der Waals surface area contributed by atoms with Gasteiger partial charge in [-0.3, -0.25) is 9.69 Å². The summed E-state index contributed by atoms with van der Waals surface area (Å²) in [4.78, 5) is 19.8. The van der Waals surface area contributed by atoms with Crippen LogP contribution in [0.1, 0.15) is 27.0 Å². The number of benzene rings is 2. The number of ketones is 1. The van der Waals surface area contributed by atoms with Crippen LogP contribution in [0, 0.1) is 11.6 Å². The lowest BCUT2D eigenvalue weighted by molar-refractivity contribution is 0.105. The fourth-order valence-corrected chi connectivity index (χ4v) is 5.87. The summed E-state index contributed by atoms with van der Waals surface area (Å²) in [6.45, 7) is 1.79. The van der Waals surface area contributed by atoms with Crippen molar-refractivity contribution in [2.45, 2.75) is 0 Å². The van der Waals surface area contributed by atoms with Crippen molar-refractivity contribution >= 4 is 39.2 Å². The van der Waals surface area contributed by atoms with Gasteiger partial charge >= 0.3 is 0 Å². The number of fused-ring (bicyclic) bond motifs is 1. The number of rotatable bonds is 7. The Labute approximate surface area is 225 Å². The maximum absolute atomic E-state index is 14.1. The zero-order chi connectivity index (χ0) is 26.2. The number of hydrogen-bond acceptors (Lipinski definition) is 7. The number of hydrogen-bond donors (Lipinski definition) is 0. The molecule has 0 N–H and O–H groups in total. The van der Waals surface area contributed by atoms with Gasteiger partial charge in [-0.25, -0.2) is 22.2 Å². The number of ether oxygens (including phenoxy) is 2. The van der Waals surface area contributed by atoms with Gasteiger partial charge in [0.2, 0.25) is 5.88 Å². The molecule has 38 heavy (non-hydrogen) atoms. The molecule has 2 heterocycles. The fraction of sp³-hybridized carbons (Fsp3) is 0.259. The summed E-state index contributed by atoms with van der Waals surface area (Å²) in [7, 11) is -1.47. The van der Waals surface area contributed by atoms with Crippen LogP contribution in [0.25, 0.3) is 11.1 Å². The monoisotopic (exact) mass is 562 g/mol. The predicted molar refractivity (Wildman–Crippen MR) is 142 cm³/mol. The van der Waals surface area contributed by atoms with Gasteiger partial charge in [-0.15, -0.1) is 12.4 Å². The molecule has 1 saturated heterocycles. The molecule has 0 saturated carbocycles. The van der Waals surface area contributed by atoms with Crippen molar-refractivity contribution in [2.24, 2.45) is 0 Å². The van der Waals surface area contributed by atoms with E-state index in [2.05, 4.69) is 4.98 Å². The Hall–Kier alpha value is -3.34. The Balaban J connectivity index is 0.00000336. The zero-order valence-corrected chi connectivity index (χ0v) is 22.1. The van der Waals surface area contributed by atoms with Gasteiger partial charge in [-0.1, -0.05) is 0 Å². The third-order valence-electron chi connectivity index (χ3n) is 6.48. The van der Waals surface area contributed by atoms with E-state index in [-0.39, 0.29) is 40.8 Å². The van der Waals surface area contributed by atoms with E-state index in [1.54, 1.807) is 30.3 Å². The molecule has 7 nitrogen and oxygen atoms in total. The summed E-state index contributed by atoms with van der Waals surface area (Å²) in [5.74, 6) is -0.699. The van der Waals surface area contributed by atoms with Gasteiger partial charge < -0.3 is 9.47 Å². The van der Waals surface area contributed by atoms with Crippen LogP contribution in [-0.2, 0) is 9.84 Å². The smallest absolute Gasteiger partial charge is 0.212 e. The number of aromatic nitrogens is 1. The van der Waals surface area contributed by atoms with E-state index in [4.69, 9.17) is 9.47 Å². The van der Waals surface area contributed by atoms with E-state index in [9.17, 15) is 22.0 Å². The molecule has 0 atom stereocenters. The van der Waals surface area contributed by atoms with Crippen LogP contribution in [0.2, 0.25) is 0 Å². The van der Waals surface area contributed by atoms with E-state index in [1.807, 2.05) is 4.90 Å². The maximum atomic E-state index is 14.1. The Bertz CT molecular complexity index is 1480. The van der Waals surface area contributed by atoms with E-state index < -0.39 is 21.5 Å². The van der Waals surface area contributed by atoms with Gasteiger partial charge in [0.25, 0.3) is 0 Å². The van der Waals surface area contributed by atoms with Crippen LogP contribution >= 0.6 is 12.4 Å². The summed E-state index contributed by atoms with van der Waals surface area (Å²) in [5.41, 5.74) is 2.31. The topological polar surface area (TPSA) is 85.8 Å². The first-order valence-corrected chi connectivity index (χ1v) is 13.5. The van der Waals surface area contributed by atoms with Crippen molar-refractivity contribution < 1.29 is 31.5 Å². The van der Waals surface area contributed by atoms with E-state index in [1.165, 1.54) is 25.4 Å². The lowest BCUT2D eigenvalue weighted by Crippen LogP contribution is -2.42. The normalized spacial score (nSPS) is 16.7. The molecule has 3 aromatic rings. The first-order valence-electron chi connectivity index (χ1n) is 11.7. The highest BCUT2D eigenvalue weighted by Crippen LogP contribution is 2.43. The summed E-state index contributed by atoms with van der Waals surface area (Å²) in [6.07, 6.45) is 1.49. The number of nitrogens with zero attached hydrogens (tertiary/aromatic N) is 2. The Morgan fingerprint density at radius 1 is 0.921 bits per heavy atom. The van der Waals surface area contributed by atoms with Crippen LogP contribution in [0.15, 0.2) is 54.7 Å². The number of halogens is 3. The summed E-state index contributed by atoms with van der Waals surface area (Å²) in [6, 6.07) is 11.5. The zero-order valence-electron chi connectivity index (χ0n) is 20.4. The van der Waals surface area contributed by atoms with Crippen LogP contribution in [0.4, 0.5) is 8.78 Å². The van der Waals surface area contributed by atoms with Crippen molar-refractivity contribution in [3.63, 3.8) is 0 Å². The molecule has 0 bridgehead atoms. The standard InChI is InChI=1S/C27H24F2N2O5S.ClH/c1-35-24-5-2-17(16-30-24)26-25(18-12-19(28)14-20(29)13-18)22-4-3-21(15-23(22)27(26)32)36-9-6-31-7-10-37(33,34)11-8-31;/h2-5,12-16H,6-11H2,1H3;1H. The quantitative estimate of drug-likeness (QED) is 0.429. The van der Waals surface area contributed by atoms with Gasteiger partial charge in [0, 0.05) is 60.2 Å². The van der Waals surface area contributed by atoms with Crippen molar-refractivity contribution in [3.05, 3.63) is 88.6 Å². The predicted octanol–water partition coefficient (Wildman–Crippen LogP) is 4.05. The number of carbonyl (C=O) groups is 1. The first-order chi connectivity index (χ1) is 17.7. The molecule has 0 amide bonds. The van der Waals surface area contributed by atoms with E-state index in [0.717, 1.165) is 6.07 Å². The molecular weight excluding hydrogens is 538 g/mol. The highest BCUT2D eigenvalue weighted by molar-refractivity contribution is 7.91. The highest BCUT2D eigenvalue weighted by atomic mass is 35.5. The van der Waals surface area contributed by atoms with Gasteiger partial charge in [-0.2, -0.15) is 0 Å². The largest absolute Gasteiger partial charge is 0.492 e. The molecule has 11 heteroatoms. The van der Waals surface area contributed by atoms with Gasteiger partial charge in [0.05, 0.1) is 18.6 Å². The molecule has 200 valence electrons. The molecule has 5 rings (SSSR count). The Kier molecular flexibility index (Phi) is 8.15. The second kappa shape index (κ2) is 11.2. The van der Waals surface area contributed by atoms with Crippen molar-refractivity contribution in [2.75, 3.05) is 44.9 Å². The molecular formula is C27H25ClF2N2O5S. The number of sulfone groups is 1. The molecule has 2 aromatic carbocycles. The minimum atomic E-state index is -2.95. The van der Waals surface area contributed by atoms with Crippen molar-refractivity contribution in [1.29, 1.82) is 0 Å². The minimum Gasteiger partial charge on any atom is -0.492 e. The summed E-state index contributed by atoms with van der Waals surface area (Å²) < 4.78 is 62.5. The lowest BCUT2D eigenvalue weighted by Gasteiger charge is -2.26. The van der Waals surface area contributed by atoms with Crippen molar-refractivity contribution in [3.8, 4) is 11.6 Å². The van der Waals surface area contributed by atoms with Crippen molar-refractivity contribution in [1.82, 2.24) is 9.88 Å². The molecule has 1 fully saturated rings. The van der Waals surface area contributed by atoms with Crippen LogP contribution in [0.5, 0.6) is 11.6 Å². The number of allylic oxidation sites excluding steroid dienone is 1. The number of methoxy groups -OCH3 is 1. The molecule has 1 aliphatic heterocycles. The first kappa shape index (κ1) is 27.7. The number of carbonyl (C=O) groups excluding carboxylic acids is 1. The minimum absolute atomic E-state index is 0. The molecule has 0 radical (unpaired) electrons. The number of Topliss-reactive ketones (excluding diaryl/α,β-unsaturated/α-hetero) is 1. The molecule has 0 spiro atoms. The van der Waals surface area contributed by atoms with Gasteiger partial charge in [0.1, 0.15) is 24.0 Å². The third kappa shape index (κ3) is 5.72. The maximum Gasteiger partial charge on any atom is 0.212 e. The molecule has 2 aliphatic rings. The van der Waals surface area contributed by atoms with Gasteiger partial charge in [-0.05, 0) is 47.5 Å². The second-order valence-electron chi connectivity index (χ2n) is 8.88. The molecule has 1 aliphatic carbocycles. The number of pyridine rings is 1. The van der Waals surface area contributed by atoms with Crippen LogP contribution < -0.4 is 9.47 Å². The van der Waals surface area contributed by atoms with Crippen LogP contribution in [-0.4, -0.2) is 68.9 Å². The lowest BCUT2D eigenvalue weighted by atomic mass is 9.95. The second-order valence-corrected chi connectivity index (χ2v) is 11.2. The SMILES string of the molecule is COc1ccc(C2=C(c3cc(F)cc(F)c3)c3ccc(OCCN4CCS(=O)(=O)CC4)cc3C2=O)cn1.Cl. The third-order valence-corrected chi connectivity index (χ3v) is 8.09.